The summed E-state index contributed by atoms with van der Waals surface area (Å²) in [4.78, 5) is 1.27. The number of nitrogens with one attached hydrogen (secondary N) is 1. The van der Waals surface area contributed by atoms with Crippen molar-refractivity contribution < 1.29 is 4.39 Å². The summed E-state index contributed by atoms with van der Waals surface area (Å²) < 4.78 is 14.1. The minimum atomic E-state index is -0.199. The van der Waals surface area contributed by atoms with Crippen molar-refractivity contribution >= 4 is 27.3 Å². The molecule has 0 spiro atoms. The lowest BCUT2D eigenvalue weighted by Crippen LogP contribution is -2.17. The van der Waals surface area contributed by atoms with Gasteiger partial charge in [-0.05, 0) is 48.7 Å². The molecule has 90 valence electrons. The van der Waals surface area contributed by atoms with Gasteiger partial charge in [0.05, 0.1) is 0 Å². The zero-order chi connectivity index (χ0) is 12.3. The first-order valence-electron chi connectivity index (χ1n) is 5.34. The summed E-state index contributed by atoms with van der Waals surface area (Å²) in [5, 5.41) is 5.32. The Balaban J connectivity index is 2.18. The van der Waals surface area contributed by atoms with Gasteiger partial charge in [-0.2, -0.15) is 0 Å². The molecule has 0 bridgehead atoms. The van der Waals surface area contributed by atoms with Crippen molar-refractivity contribution in [2.75, 3.05) is 7.05 Å². The van der Waals surface area contributed by atoms with E-state index in [4.69, 9.17) is 0 Å². The molecule has 0 aliphatic rings. The van der Waals surface area contributed by atoms with Crippen LogP contribution in [0.15, 0.2) is 40.2 Å². The first kappa shape index (κ1) is 12.7. The van der Waals surface area contributed by atoms with E-state index in [1.165, 1.54) is 10.9 Å². The second kappa shape index (κ2) is 5.76. The lowest BCUT2D eigenvalue weighted by molar-refractivity contribution is 0.591. The van der Waals surface area contributed by atoms with Crippen LogP contribution in [0, 0.1) is 5.82 Å². The van der Waals surface area contributed by atoms with Crippen LogP contribution in [-0.4, -0.2) is 7.05 Å². The summed E-state index contributed by atoms with van der Waals surface area (Å²) in [6, 6.07) is 9.39. The van der Waals surface area contributed by atoms with Gasteiger partial charge in [0, 0.05) is 15.4 Å². The third-order valence-corrected chi connectivity index (χ3v) is 4.04. The summed E-state index contributed by atoms with van der Waals surface area (Å²) in [5.41, 5.74) is 0.990. The van der Waals surface area contributed by atoms with Crippen molar-refractivity contribution in [1.29, 1.82) is 0 Å². The van der Waals surface area contributed by atoms with Crippen LogP contribution in [0.5, 0.6) is 0 Å². The smallest absolute Gasteiger partial charge is 0.124 e. The summed E-state index contributed by atoms with van der Waals surface area (Å²) >= 11 is 5.03. The topological polar surface area (TPSA) is 12.0 Å². The lowest BCUT2D eigenvalue weighted by atomic mass is 10.0. The summed E-state index contributed by atoms with van der Waals surface area (Å²) in [7, 11) is 1.93. The number of benzene rings is 1. The SMILES string of the molecule is CNC(Cc1cc(F)cc(Br)c1)c1cccs1. The molecule has 1 aromatic heterocycles. The van der Waals surface area contributed by atoms with E-state index in [9.17, 15) is 4.39 Å². The average Bonchev–Trinajstić information content (AvgIpc) is 2.77. The minimum Gasteiger partial charge on any atom is -0.312 e. The molecule has 0 radical (unpaired) electrons. The van der Waals surface area contributed by atoms with Crippen molar-refractivity contribution in [3.63, 3.8) is 0 Å². The third kappa shape index (κ3) is 3.37. The zero-order valence-electron chi connectivity index (χ0n) is 9.41. The van der Waals surface area contributed by atoms with Crippen LogP contribution < -0.4 is 5.32 Å². The van der Waals surface area contributed by atoms with Gasteiger partial charge in [0.2, 0.25) is 0 Å². The molecule has 4 heteroatoms. The van der Waals surface area contributed by atoms with Crippen LogP contribution in [-0.2, 0) is 6.42 Å². The molecule has 1 unspecified atom stereocenters. The van der Waals surface area contributed by atoms with Crippen molar-refractivity contribution in [2.24, 2.45) is 0 Å². The molecule has 2 aromatic rings. The Morgan fingerprint density at radius 1 is 1.41 bits per heavy atom. The van der Waals surface area contributed by atoms with Crippen LogP contribution >= 0.6 is 27.3 Å². The van der Waals surface area contributed by atoms with Gasteiger partial charge in [0.25, 0.3) is 0 Å². The fourth-order valence-electron chi connectivity index (χ4n) is 1.80. The first-order chi connectivity index (χ1) is 8.19. The highest BCUT2D eigenvalue weighted by atomic mass is 79.9. The second-order valence-electron chi connectivity index (χ2n) is 3.84. The van der Waals surface area contributed by atoms with Crippen molar-refractivity contribution in [3.8, 4) is 0 Å². The molecular weight excluding hydrogens is 301 g/mol. The molecule has 0 aliphatic heterocycles. The summed E-state index contributed by atoms with van der Waals surface area (Å²) in [6.45, 7) is 0. The maximum atomic E-state index is 13.3. The Kier molecular flexibility index (Phi) is 4.31. The summed E-state index contributed by atoms with van der Waals surface area (Å²) in [6.07, 6.45) is 0.785. The molecule has 1 atom stereocenters. The number of thiophene rings is 1. The van der Waals surface area contributed by atoms with Gasteiger partial charge >= 0.3 is 0 Å². The average molecular weight is 314 g/mol. The van der Waals surface area contributed by atoms with Gasteiger partial charge in [-0.15, -0.1) is 11.3 Å². The Labute approximate surface area is 113 Å². The van der Waals surface area contributed by atoms with Crippen molar-refractivity contribution in [3.05, 3.63) is 56.4 Å². The fourth-order valence-corrected chi connectivity index (χ4v) is 3.15. The largest absolute Gasteiger partial charge is 0.312 e. The zero-order valence-corrected chi connectivity index (χ0v) is 11.8. The Hall–Kier alpha value is -0.710. The van der Waals surface area contributed by atoms with Gasteiger partial charge in [-0.1, -0.05) is 22.0 Å². The van der Waals surface area contributed by atoms with E-state index in [0.29, 0.717) is 0 Å². The molecule has 0 saturated carbocycles. The van der Waals surface area contributed by atoms with Crippen LogP contribution in [0.3, 0.4) is 0 Å². The number of rotatable bonds is 4. The molecule has 0 amide bonds. The van der Waals surface area contributed by atoms with E-state index >= 15 is 0 Å². The van der Waals surface area contributed by atoms with Gasteiger partial charge in [-0.3, -0.25) is 0 Å². The van der Waals surface area contributed by atoms with Gasteiger partial charge in [0.1, 0.15) is 5.82 Å². The molecule has 1 heterocycles. The maximum absolute atomic E-state index is 13.3. The van der Waals surface area contributed by atoms with Crippen LogP contribution in [0.1, 0.15) is 16.5 Å². The van der Waals surface area contributed by atoms with Gasteiger partial charge in [0.15, 0.2) is 0 Å². The molecule has 1 N–H and O–H groups in total. The van der Waals surface area contributed by atoms with Crippen LogP contribution in [0.4, 0.5) is 4.39 Å². The standard InChI is InChI=1S/C13H13BrFNS/c1-16-12(13-3-2-4-17-13)7-9-5-10(14)8-11(15)6-9/h2-6,8,12,16H,7H2,1H3. The molecule has 1 aromatic carbocycles. The molecule has 0 saturated heterocycles. The highest BCUT2D eigenvalue weighted by molar-refractivity contribution is 9.10. The molecular formula is C13H13BrFNS. The number of likely N-dealkylation sites (N-methyl/N-ethyl adjacent to an activating group) is 1. The van der Waals surface area contributed by atoms with E-state index in [1.807, 2.05) is 19.2 Å². The molecule has 17 heavy (non-hydrogen) atoms. The number of hydrogen-bond acceptors (Lipinski definition) is 2. The Morgan fingerprint density at radius 2 is 2.24 bits per heavy atom. The maximum Gasteiger partial charge on any atom is 0.124 e. The number of hydrogen-bond donors (Lipinski definition) is 1. The first-order valence-corrected chi connectivity index (χ1v) is 7.02. The normalized spacial score (nSPS) is 12.6. The number of halogens is 2. The Bertz CT molecular complexity index is 464. The lowest BCUT2D eigenvalue weighted by Gasteiger charge is -2.14. The van der Waals surface area contributed by atoms with E-state index in [2.05, 4.69) is 32.7 Å². The van der Waals surface area contributed by atoms with Gasteiger partial charge < -0.3 is 5.32 Å². The quantitative estimate of drug-likeness (QED) is 0.894. The van der Waals surface area contributed by atoms with Crippen molar-refractivity contribution in [1.82, 2.24) is 5.32 Å². The van der Waals surface area contributed by atoms with E-state index < -0.39 is 0 Å². The molecule has 1 nitrogen and oxygen atoms in total. The second-order valence-corrected chi connectivity index (χ2v) is 5.73. The fraction of sp³-hybridized carbons (Fsp3) is 0.231. The predicted molar refractivity (Wildman–Crippen MR) is 73.9 cm³/mol. The highest BCUT2D eigenvalue weighted by Gasteiger charge is 2.11. The molecule has 0 aliphatic carbocycles. The highest BCUT2D eigenvalue weighted by Crippen LogP contribution is 2.24. The van der Waals surface area contributed by atoms with E-state index in [-0.39, 0.29) is 11.9 Å². The minimum absolute atomic E-state index is 0.199. The van der Waals surface area contributed by atoms with Crippen LogP contribution in [0.25, 0.3) is 0 Å². The Morgan fingerprint density at radius 3 is 2.82 bits per heavy atom. The summed E-state index contributed by atoms with van der Waals surface area (Å²) in [5.74, 6) is -0.199. The third-order valence-electron chi connectivity index (χ3n) is 2.60. The predicted octanol–water partition coefficient (Wildman–Crippen LogP) is 4.15. The van der Waals surface area contributed by atoms with Crippen LogP contribution in [0.2, 0.25) is 0 Å². The monoisotopic (exact) mass is 313 g/mol. The van der Waals surface area contributed by atoms with E-state index in [0.717, 1.165) is 16.5 Å². The molecule has 0 fully saturated rings. The van der Waals surface area contributed by atoms with E-state index in [1.54, 1.807) is 17.4 Å². The van der Waals surface area contributed by atoms with Crippen molar-refractivity contribution in [2.45, 2.75) is 12.5 Å². The van der Waals surface area contributed by atoms with Gasteiger partial charge in [-0.25, -0.2) is 4.39 Å². The molecule has 2 rings (SSSR count).